The Morgan fingerprint density at radius 2 is 2.00 bits per heavy atom. The van der Waals surface area contributed by atoms with Crippen molar-refractivity contribution in [3.05, 3.63) is 23.0 Å². The van der Waals surface area contributed by atoms with Gasteiger partial charge in [-0.2, -0.15) is 5.26 Å². The summed E-state index contributed by atoms with van der Waals surface area (Å²) >= 11 is 6.70. The number of halogens is 1. The average Bonchev–Trinajstić information content (AvgIpc) is 3.12. The standard InChI is InChI=1S/C24H29ClN4O2/c1-13(2)31-18-10-28-21-19(20(18)25)17(9-27-21)14(3)22(30)29-15-5-23(4)6-16(29)8-24(7-15,11-23)12-26/h9-10,13-16H,5-8,11H2,1-4H3,(H,27,28). The number of aromatic nitrogens is 2. The van der Waals surface area contributed by atoms with Gasteiger partial charge in [-0.1, -0.05) is 18.5 Å². The first-order valence-electron chi connectivity index (χ1n) is 11.2. The van der Waals surface area contributed by atoms with Gasteiger partial charge in [-0.3, -0.25) is 4.79 Å². The van der Waals surface area contributed by atoms with Gasteiger partial charge in [0.25, 0.3) is 0 Å². The Balaban J connectivity index is 1.48. The number of carbonyl (C=O) groups excluding carboxylic acids is 1. The first-order chi connectivity index (χ1) is 14.7. The van der Waals surface area contributed by atoms with E-state index >= 15 is 0 Å². The molecule has 6 nitrogen and oxygen atoms in total. The second-order valence-electron chi connectivity index (χ2n) is 10.5. The molecule has 0 aromatic carbocycles. The average molecular weight is 441 g/mol. The summed E-state index contributed by atoms with van der Waals surface area (Å²) < 4.78 is 5.81. The molecule has 7 heteroatoms. The lowest BCUT2D eigenvalue weighted by Gasteiger charge is -2.63. The van der Waals surface area contributed by atoms with Crippen LogP contribution in [0, 0.1) is 22.2 Å². The number of rotatable bonds is 4. The summed E-state index contributed by atoms with van der Waals surface area (Å²) in [6.07, 6.45) is 8.02. The SMILES string of the molecule is CC(C)Oc1cnc2[nH]cc(C(C)C(=O)N3C4CC5(C)CC3CC(C#N)(C4)C5)c2c1Cl. The molecule has 4 heterocycles. The molecular weight excluding hydrogens is 412 g/mol. The molecule has 1 amide bonds. The van der Waals surface area contributed by atoms with Crippen LogP contribution in [0.5, 0.6) is 5.75 Å². The molecular formula is C24H29ClN4O2. The zero-order valence-electron chi connectivity index (χ0n) is 18.5. The highest BCUT2D eigenvalue weighted by atomic mass is 35.5. The number of fused-ring (bicyclic) bond motifs is 1. The van der Waals surface area contributed by atoms with E-state index in [1.54, 1.807) is 6.20 Å². The molecule has 3 atom stereocenters. The molecule has 31 heavy (non-hydrogen) atoms. The Bertz CT molecular complexity index is 1080. The monoisotopic (exact) mass is 440 g/mol. The highest BCUT2D eigenvalue weighted by Gasteiger charge is 2.60. The molecule has 2 saturated heterocycles. The molecule has 2 aromatic rings. The minimum absolute atomic E-state index is 0.0221. The number of carbonyl (C=O) groups is 1. The third-order valence-electron chi connectivity index (χ3n) is 7.59. The van der Waals surface area contributed by atoms with Gasteiger partial charge in [-0.25, -0.2) is 4.98 Å². The van der Waals surface area contributed by atoms with E-state index in [4.69, 9.17) is 16.3 Å². The lowest BCUT2D eigenvalue weighted by atomic mass is 9.50. The van der Waals surface area contributed by atoms with Crippen LogP contribution in [-0.4, -0.2) is 39.0 Å². The van der Waals surface area contributed by atoms with Gasteiger partial charge >= 0.3 is 0 Å². The summed E-state index contributed by atoms with van der Waals surface area (Å²) in [6.45, 7) is 8.13. The number of amides is 1. The van der Waals surface area contributed by atoms with Crippen molar-refractivity contribution >= 4 is 28.5 Å². The lowest BCUT2D eigenvalue weighted by molar-refractivity contribution is -0.164. The Kier molecular flexibility index (Phi) is 4.57. The fraction of sp³-hybridized carbons (Fsp3) is 0.625. The van der Waals surface area contributed by atoms with Crippen LogP contribution in [0.1, 0.15) is 71.3 Å². The van der Waals surface area contributed by atoms with E-state index in [1.807, 2.05) is 27.0 Å². The Morgan fingerprint density at radius 3 is 2.61 bits per heavy atom. The van der Waals surface area contributed by atoms with E-state index < -0.39 is 0 Å². The van der Waals surface area contributed by atoms with Crippen molar-refractivity contribution in [3.63, 3.8) is 0 Å². The van der Waals surface area contributed by atoms with Crippen molar-refractivity contribution in [1.29, 1.82) is 5.26 Å². The molecule has 2 aliphatic heterocycles. The van der Waals surface area contributed by atoms with Crippen LogP contribution in [0.4, 0.5) is 0 Å². The summed E-state index contributed by atoms with van der Waals surface area (Å²) in [6, 6.07) is 2.93. The largest absolute Gasteiger partial charge is 0.488 e. The van der Waals surface area contributed by atoms with E-state index in [1.165, 1.54) is 0 Å². The third kappa shape index (κ3) is 3.12. The first-order valence-corrected chi connectivity index (χ1v) is 11.6. The zero-order chi connectivity index (χ0) is 22.1. The smallest absolute Gasteiger partial charge is 0.230 e. The summed E-state index contributed by atoms with van der Waals surface area (Å²) in [4.78, 5) is 23.5. The van der Waals surface area contributed by atoms with Crippen LogP contribution in [-0.2, 0) is 4.79 Å². The number of piperidine rings is 2. The van der Waals surface area contributed by atoms with Crippen LogP contribution >= 0.6 is 11.6 Å². The molecule has 4 aliphatic rings. The fourth-order valence-electron chi connectivity index (χ4n) is 6.74. The van der Waals surface area contributed by atoms with Crippen LogP contribution in [0.3, 0.4) is 0 Å². The number of hydrogen-bond acceptors (Lipinski definition) is 4. The van der Waals surface area contributed by atoms with Gasteiger partial charge < -0.3 is 14.6 Å². The summed E-state index contributed by atoms with van der Waals surface area (Å²) in [5, 5.41) is 11.1. The molecule has 2 aliphatic carbocycles. The molecule has 2 saturated carbocycles. The van der Waals surface area contributed by atoms with Crippen molar-refractivity contribution in [2.45, 2.75) is 83.9 Å². The summed E-state index contributed by atoms with van der Waals surface area (Å²) in [7, 11) is 0. The second-order valence-corrected chi connectivity index (χ2v) is 10.9. The van der Waals surface area contributed by atoms with Crippen molar-refractivity contribution in [2.75, 3.05) is 0 Å². The maximum atomic E-state index is 13.8. The first kappa shape index (κ1) is 20.6. The van der Waals surface area contributed by atoms with Crippen LogP contribution in [0.2, 0.25) is 5.02 Å². The van der Waals surface area contributed by atoms with E-state index in [2.05, 4.69) is 27.9 Å². The molecule has 4 bridgehead atoms. The number of nitriles is 1. The molecule has 1 N–H and O–H groups in total. The second kappa shape index (κ2) is 6.87. The fourth-order valence-corrected chi connectivity index (χ4v) is 7.03. The number of nitrogens with zero attached hydrogens (tertiary/aromatic N) is 3. The third-order valence-corrected chi connectivity index (χ3v) is 7.96. The number of aromatic amines is 1. The van der Waals surface area contributed by atoms with Crippen molar-refractivity contribution in [2.24, 2.45) is 10.8 Å². The molecule has 0 radical (unpaired) electrons. The molecule has 0 spiro atoms. The summed E-state index contributed by atoms with van der Waals surface area (Å²) in [5.74, 6) is 0.298. The van der Waals surface area contributed by atoms with Crippen LogP contribution in [0.15, 0.2) is 12.4 Å². The van der Waals surface area contributed by atoms with Crippen molar-refractivity contribution in [1.82, 2.24) is 14.9 Å². The summed E-state index contributed by atoms with van der Waals surface area (Å²) in [5.41, 5.74) is 1.43. The predicted molar refractivity (Wildman–Crippen MR) is 119 cm³/mol. The van der Waals surface area contributed by atoms with Gasteiger partial charge in [0.1, 0.15) is 5.65 Å². The van der Waals surface area contributed by atoms with E-state index in [0.29, 0.717) is 16.4 Å². The highest BCUT2D eigenvalue weighted by Crippen LogP contribution is 2.61. The normalized spacial score (nSPS) is 32.5. The minimum Gasteiger partial charge on any atom is -0.488 e. The van der Waals surface area contributed by atoms with Gasteiger partial charge in [-0.05, 0) is 63.9 Å². The molecule has 6 rings (SSSR count). The highest BCUT2D eigenvalue weighted by molar-refractivity contribution is 6.37. The van der Waals surface area contributed by atoms with Gasteiger partial charge in [0.05, 0.1) is 34.7 Å². The molecule has 164 valence electrons. The Hall–Kier alpha value is -2.26. The molecule has 4 fully saturated rings. The maximum Gasteiger partial charge on any atom is 0.230 e. The molecule has 2 aromatic heterocycles. The van der Waals surface area contributed by atoms with E-state index in [0.717, 1.165) is 43.1 Å². The zero-order valence-corrected chi connectivity index (χ0v) is 19.3. The van der Waals surface area contributed by atoms with Gasteiger partial charge in [0.2, 0.25) is 5.91 Å². The topological polar surface area (TPSA) is 82.0 Å². The number of ether oxygens (including phenoxy) is 1. The van der Waals surface area contributed by atoms with Crippen LogP contribution < -0.4 is 4.74 Å². The Morgan fingerprint density at radius 1 is 1.32 bits per heavy atom. The number of pyridine rings is 1. The van der Waals surface area contributed by atoms with Crippen molar-refractivity contribution in [3.8, 4) is 11.8 Å². The van der Waals surface area contributed by atoms with Gasteiger partial charge in [0.15, 0.2) is 5.75 Å². The minimum atomic E-state index is -0.356. The van der Waals surface area contributed by atoms with Gasteiger partial charge in [-0.15, -0.1) is 0 Å². The number of hydrogen-bond donors (Lipinski definition) is 1. The van der Waals surface area contributed by atoms with E-state index in [9.17, 15) is 10.1 Å². The van der Waals surface area contributed by atoms with Gasteiger partial charge in [0, 0.05) is 23.7 Å². The lowest BCUT2D eigenvalue weighted by Crippen LogP contribution is -2.66. The predicted octanol–water partition coefficient (Wildman–Crippen LogP) is 5.18. The van der Waals surface area contributed by atoms with E-state index in [-0.39, 0.29) is 40.8 Å². The van der Waals surface area contributed by atoms with Crippen molar-refractivity contribution < 1.29 is 9.53 Å². The number of H-pyrrole nitrogens is 1. The Labute approximate surface area is 187 Å². The maximum absolute atomic E-state index is 13.8. The van der Waals surface area contributed by atoms with Crippen LogP contribution in [0.25, 0.3) is 11.0 Å². The number of nitrogens with one attached hydrogen (secondary N) is 1. The quantitative estimate of drug-likeness (QED) is 0.710. The molecule has 3 unspecified atom stereocenters.